The van der Waals surface area contributed by atoms with Crippen molar-refractivity contribution in [2.75, 3.05) is 13.7 Å². The second-order valence-corrected chi connectivity index (χ2v) is 7.23. The van der Waals surface area contributed by atoms with Crippen LogP contribution < -0.4 is 4.74 Å². The molecule has 0 saturated carbocycles. The Morgan fingerprint density at radius 2 is 2.18 bits per heavy atom. The molecule has 6 nitrogen and oxygen atoms in total. The molecule has 0 spiro atoms. The number of carbonyl (C=O) groups excluding carboxylic acids is 2. The average molecular weight is 404 g/mol. The Morgan fingerprint density at radius 3 is 2.86 bits per heavy atom. The van der Waals surface area contributed by atoms with E-state index in [1.807, 2.05) is 0 Å². The molecule has 0 amide bonds. The molecular weight excluding hydrogens is 382 g/mol. The number of esters is 1. The Labute approximate surface area is 168 Å². The minimum atomic E-state index is -0.772. The molecule has 1 aromatic carbocycles. The third-order valence-electron chi connectivity index (χ3n) is 5.06. The molecule has 0 radical (unpaired) electrons. The minimum Gasteiger partial charge on any atom is -0.503 e. The first-order valence-corrected chi connectivity index (χ1v) is 9.42. The van der Waals surface area contributed by atoms with Crippen LogP contribution >= 0.6 is 11.6 Å². The topological polar surface area (TPSA) is 85.2 Å². The molecule has 2 aliphatic rings. The Balaban J connectivity index is 2.18. The summed E-state index contributed by atoms with van der Waals surface area (Å²) in [6.45, 7) is 5.39. The standard InChI is InChI=1S/C21H22ClNO5/c1-4-8-28-21(26)17-11(2)23-14-6-5-7-15(24)19(14)18(17)12-9-13(22)20(25)16(10-12)27-3/h4,9-10,17-18,25H,1,5-8H2,2-3H3/t17?,18-/m1/s1. The summed E-state index contributed by atoms with van der Waals surface area (Å²) in [5.74, 6) is -1.92. The van der Waals surface area contributed by atoms with Gasteiger partial charge in [-0.2, -0.15) is 0 Å². The SMILES string of the molecule is C=CCOC(=O)C1C(C)=NC2=C(C(=O)CCC2)[C@@H]1c1cc(Cl)c(O)c(OC)c1. The summed E-state index contributed by atoms with van der Waals surface area (Å²) in [5.41, 5.74) is 2.39. The summed E-state index contributed by atoms with van der Waals surface area (Å²) < 4.78 is 10.5. The number of ketones is 1. The Morgan fingerprint density at radius 1 is 1.43 bits per heavy atom. The molecule has 1 heterocycles. The molecule has 0 bridgehead atoms. The van der Waals surface area contributed by atoms with Crippen LogP contribution in [0.25, 0.3) is 0 Å². The zero-order chi connectivity index (χ0) is 20.4. The number of ether oxygens (including phenoxy) is 2. The molecule has 0 saturated heterocycles. The predicted molar refractivity (Wildman–Crippen MR) is 106 cm³/mol. The monoisotopic (exact) mass is 403 g/mol. The summed E-state index contributed by atoms with van der Waals surface area (Å²) in [4.78, 5) is 30.2. The van der Waals surface area contributed by atoms with E-state index >= 15 is 0 Å². The summed E-state index contributed by atoms with van der Waals surface area (Å²) in [5, 5.41) is 10.2. The minimum absolute atomic E-state index is 0.0350. The van der Waals surface area contributed by atoms with Gasteiger partial charge in [-0.15, -0.1) is 0 Å². The van der Waals surface area contributed by atoms with Crippen molar-refractivity contribution in [2.45, 2.75) is 32.1 Å². The number of aromatic hydroxyl groups is 1. The van der Waals surface area contributed by atoms with Gasteiger partial charge < -0.3 is 14.6 Å². The number of rotatable bonds is 5. The lowest BCUT2D eigenvalue weighted by molar-refractivity contribution is -0.145. The highest BCUT2D eigenvalue weighted by Gasteiger charge is 2.43. The van der Waals surface area contributed by atoms with Gasteiger partial charge in [0.2, 0.25) is 0 Å². The highest BCUT2D eigenvalue weighted by molar-refractivity contribution is 6.32. The van der Waals surface area contributed by atoms with Gasteiger partial charge >= 0.3 is 5.97 Å². The van der Waals surface area contributed by atoms with Crippen LogP contribution in [-0.4, -0.2) is 36.3 Å². The van der Waals surface area contributed by atoms with E-state index in [1.54, 1.807) is 19.1 Å². The first-order chi connectivity index (χ1) is 13.4. The lowest BCUT2D eigenvalue weighted by atomic mass is 9.71. The number of phenols is 1. The molecule has 7 heteroatoms. The predicted octanol–water partition coefficient (Wildman–Crippen LogP) is 3.96. The molecule has 1 aromatic rings. The van der Waals surface area contributed by atoms with E-state index in [-0.39, 0.29) is 28.9 Å². The van der Waals surface area contributed by atoms with E-state index in [2.05, 4.69) is 11.6 Å². The molecule has 0 fully saturated rings. The van der Waals surface area contributed by atoms with E-state index in [9.17, 15) is 14.7 Å². The molecule has 3 rings (SSSR count). The molecule has 1 unspecified atom stereocenters. The van der Waals surface area contributed by atoms with Crippen LogP contribution in [0.2, 0.25) is 5.02 Å². The maximum atomic E-state index is 12.8. The number of allylic oxidation sites excluding steroid dienone is 2. The number of hydrogen-bond acceptors (Lipinski definition) is 6. The van der Waals surface area contributed by atoms with Crippen molar-refractivity contribution >= 4 is 29.1 Å². The highest BCUT2D eigenvalue weighted by atomic mass is 35.5. The van der Waals surface area contributed by atoms with Gasteiger partial charge in [-0.05, 0) is 37.5 Å². The average Bonchev–Trinajstić information content (AvgIpc) is 2.67. The first kappa shape index (κ1) is 20.1. The van der Waals surface area contributed by atoms with E-state index in [1.165, 1.54) is 13.2 Å². The van der Waals surface area contributed by atoms with Gasteiger partial charge in [0.05, 0.1) is 12.1 Å². The third-order valence-corrected chi connectivity index (χ3v) is 5.35. The van der Waals surface area contributed by atoms with E-state index in [4.69, 9.17) is 21.1 Å². The number of methoxy groups -OCH3 is 1. The van der Waals surface area contributed by atoms with Crippen LogP contribution in [0.3, 0.4) is 0 Å². The van der Waals surface area contributed by atoms with Gasteiger partial charge in [0.25, 0.3) is 0 Å². The fourth-order valence-corrected chi connectivity index (χ4v) is 4.05. The largest absolute Gasteiger partial charge is 0.503 e. The number of nitrogens with zero attached hydrogens (tertiary/aromatic N) is 1. The van der Waals surface area contributed by atoms with Gasteiger partial charge in [-0.25, -0.2) is 0 Å². The van der Waals surface area contributed by atoms with Crippen molar-refractivity contribution in [1.29, 1.82) is 0 Å². The molecule has 28 heavy (non-hydrogen) atoms. The van der Waals surface area contributed by atoms with Crippen LogP contribution in [0.15, 0.2) is 41.1 Å². The number of benzene rings is 1. The lowest BCUT2D eigenvalue weighted by Gasteiger charge is -2.34. The van der Waals surface area contributed by atoms with Crippen LogP contribution in [0.1, 0.15) is 37.7 Å². The Kier molecular flexibility index (Phi) is 5.89. The Bertz CT molecular complexity index is 902. The number of Topliss-reactive ketones (excluding diaryl/α,β-unsaturated/α-hetero) is 1. The van der Waals surface area contributed by atoms with E-state index in [0.717, 1.165) is 6.42 Å². The van der Waals surface area contributed by atoms with Crippen molar-refractivity contribution in [1.82, 2.24) is 0 Å². The van der Waals surface area contributed by atoms with Gasteiger partial charge in [-0.3, -0.25) is 14.6 Å². The highest BCUT2D eigenvalue weighted by Crippen LogP contribution is 2.46. The number of halogens is 1. The number of carbonyl (C=O) groups is 2. The molecule has 1 aliphatic carbocycles. The molecule has 2 atom stereocenters. The van der Waals surface area contributed by atoms with Crippen molar-refractivity contribution in [3.63, 3.8) is 0 Å². The van der Waals surface area contributed by atoms with Crippen LogP contribution in [0, 0.1) is 5.92 Å². The number of aliphatic imine (C=N–C) groups is 1. The van der Waals surface area contributed by atoms with Crippen molar-refractivity contribution < 1.29 is 24.2 Å². The Hall–Kier alpha value is -2.60. The zero-order valence-electron chi connectivity index (χ0n) is 15.8. The third kappa shape index (κ3) is 3.56. The molecular formula is C21H22ClNO5. The molecule has 148 valence electrons. The van der Waals surface area contributed by atoms with Gasteiger partial charge in [0, 0.05) is 29.3 Å². The smallest absolute Gasteiger partial charge is 0.315 e. The fraction of sp³-hybridized carbons (Fsp3) is 0.381. The van der Waals surface area contributed by atoms with E-state index in [0.29, 0.717) is 35.4 Å². The zero-order valence-corrected chi connectivity index (χ0v) is 16.6. The maximum Gasteiger partial charge on any atom is 0.315 e. The van der Waals surface area contributed by atoms with Crippen LogP contribution in [0.5, 0.6) is 11.5 Å². The van der Waals surface area contributed by atoms with Crippen molar-refractivity contribution in [3.05, 3.63) is 46.6 Å². The summed E-state index contributed by atoms with van der Waals surface area (Å²) in [6, 6.07) is 3.16. The van der Waals surface area contributed by atoms with Gasteiger partial charge in [0.15, 0.2) is 17.3 Å². The van der Waals surface area contributed by atoms with Gasteiger partial charge in [-0.1, -0.05) is 24.3 Å². The normalized spacial score (nSPS) is 21.7. The number of phenolic OH excluding ortho intramolecular Hbond substituents is 1. The van der Waals surface area contributed by atoms with Crippen molar-refractivity contribution in [2.24, 2.45) is 10.9 Å². The summed E-state index contributed by atoms with van der Waals surface area (Å²) in [7, 11) is 1.41. The quantitative estimate of drug-likeness (QED) is 0.594. The first-order valence-electron chi connectivity index (χ1n) is 9.04. The lowest BCUT2D eigenvalue weighted by Crippen LogP contribution is -2.37. The van der Waals surface area contributed by atoms with E-state index < -0.39 is 17.8 Å². The maximum absolute atomic E-state index is 12.8. The summed E-state index contributed by atoms with van der Waals surface area (Å²) in [6.07, 6.45) is 3.29. The molecule has 1 aliphatic heterocycles. The fourth-order valence-electron chi connectivity index (χ4n) is 3.83. The molecule has 0 aromatic heterocycles. The second-order valence-electron chi connectivity index (χ2n) is 6.82. The summed E-state index contributed by atoms with van der Waals surface area (Å²) >= 11 is 6.19. The molecule has 1 N–H and O–H groups in total. The van der Waals surface area contributed by atoms with Crippen molar-refractivity contribution in [3.8, 4) is 11.5 Å². The van der Waals surface area contributed by atoms with Crippen LogP contribution in [-0.2, 0) is 14.3 Å². The second kappa shape index (κ2) is 8.19. The van der Waals surface area contributed by atoms with Gasteiger partial charge in [0.1, 0.15) is 12.5 Å². The van der Waals surface area contributed by atoms with Crippen LogP contribution in [0.4, 0.5) is 0 Å². The number of hydrogen-bond donors (Lipinski definition) is 1.